The molecule has 106 valence electrons. The van der Waals surface area contributed by atoms with Crippen LogP contribution in [0.3, 0.4) is 0 Å². The molecule has 0 aliphatic rings. The van der Waals surface area contributed by atoms with E-state index in [0.717, 1.165) is 22.3 Å². The average Bonchev–Trinajstić information content (AvgIpc) is 2.87. The van der Waals surface area contributed by atoms with Crippen LogP contribution in [0.2, 0.25) is 0 Å². The topological polar surface area (TPSA) is 38.9 Å². The highest BCUT2D eigenvalue weighted by Gasteiger charge is 2.13. The van der Waals surface area contributed by atoms with Crippen LogP contribution in [0.1, 0.15) is 22.3 Å². The fourth-order valence-corrected chi connectivity index (χ4v) is 2.55. The van der Waals surface area contributed by atoms with Crippen molar-refractivity contribution in [1.82, 2.24) is 10.2 Å². The molecular weight excluding hydrogens is 260 g/mol. The monoisotopic (exact) mass is 278 g/mol. The Labute approximate surface area is 124 Å². The summed E-state index contributed by atoms with van der Waals surface area (Å²) < 4.78 is 5.87. The standard InChI is InChI=1S/C18H18N2O/c1-11-5-7-15(13(3)9-11)17-19-20-18(21-17)16-8-6-12(2)10-14(16)4/h5-10H,1-4H3. The Bertz CT molecular complexity index is 737. The molecule has 0 radical (unpaired) electrons. The molecule has 0 bridgehead atoms. The van der Waals surface area contributed by atoms with Gasteiger partial charge in [-0.2, -0.15) is 0 Å². The minimum atomic E-state index is 0.572. The van der Waals surface area contributed by atoms with Crippen LogP contribution in [0.4, 0.5) is 0 Å². The van der Waals surface area contributed by atoms with E-state index in [2.05, 4.69) is 62.2 Å². The van der Waals surface area contributed by atoms with Gasteiger partial charge in [0.25, 0.3) is 0 Å². The first-order chi connectivity index (χ1) is 10.0. The summed E-state index contributed by atoms with van der Waals surface area (Å²) >= 11 is 0. The molecule has 3 nitrogen and oxygen atoms in total. The zero-order valence-corrected chi connectivity index (χ0v) is 12.8. The fourth-order valence-electron chi connectivity index (χ4n) is 2.55. The van der Waals surface area contributed by atoms with Crippen molar-refractivity contribution in [3.8, 4) is 22.9 Å². The molecule has 0 atom stereocenters. The second kappa shape index (κ2) is 5.17. The maximum absolute atomic E-state index is 5.87. The van der Waals surface area contributed by atoms with E-state index in [1.165, 1.54) is 11.1 Å². The Morgan fingerprint density at radius 3 is 1.48 bits per heavy atom. The molecule has 1 aromatic heterocycles. The highest BCUT2D eigenvalue weighted by atomic mass is 16.4. The Morgan fingerprint density at radius 2 is 1.10 bits per heavy atom. The van der Waals surface area contributed by atoms with Gasteiger partial charge in [-0.25, -0.2) is 0 Å². The summed E-state index contributed by atoms with van der Waals surface area (Å²) in [4.78, 5) is 0. The Kier molecular flexibility index (Phi) is 3.34. The number of hydrogen-bond donors (Lipinski definition) is 0. The predicted molar refractivity (Wildman–Crippen MR) is 84.1 cm³/mol. The molecule has 0 unspecified atom stereocenters. The lowest BCUT2D eigenvalue weighted by atomic mass is 10.1. The number of nitrogens with zero attached hydrogens (tertiary/aromatic N) is 2. The highest BCUT2D eigenvalue weighted by Crippen LogP contribution is 2.28. The first-order valence-corrected chi connectivity index (χ1v) is 7.03. The summed E-state index contributed by atoms with van der Waals surface area (Å²) in [6.45, 7) is 8.27. The van der Waals surface area contributed by atoms with Crippen LogP contribution in [-0.4, -0.2) is 10.2 Å². The Hall–Kier alpha value is -2.42. The van der Waals surface area contributed by atoms with Crippen LogP contribution in [0, 0.1) is 27.7 Å². The third-order valence-electron chi connectivity index (χ3n) is 3.65. The maximum atomic E-state index is 5.87. The predicted octanol–water partition coefficient (Wildman–Crippen LogP) is 4.64. The molecule has 2 aromatic carbocycles. The molecule has 0 aliphatic carbocycles. The van der Waals surface area contributed by atoms with Crippen molar-refractivity contribution in [3.63, 3.8) is 0 Å². The van der Waals surface area contributed by atoms with Gasteiger partial charge in [0.15, 0.2) is 0 Å². The lowest BCUT2D eigenvalue weighted by Gasteiger charge is -2.03. The average molecular weight is 278 g/mol. The molecule has 0 N–H and O–H groups in total. The van der Waals surface area contributed by atoms with Crippen LogP contribution in [0.15, 0.2) is 40.8 Å². The van der Waals surface area contributed by atoms with Gasteiger partial charge in [0.2, 0.25) is 11.8 Å². The third-order valence-corrected chi connectivity index (χ3v) is 3.65. The van der Waals surface area contributed by atoms with E-state index < -0.39 is 0 Å². The number of aromatic nitrogens is 2. The van der Waals surface area contributed by atoms with Gasteiger partial charge < -0.3 is 4.42 Å². The van der Waals surface area contributed by atoms with Crippen molar-refractivity contribution in [2.75, 3.05) is 0 Å². The van der Waals surface area contributed by atoms with Crippen molar-refractivity contribution in [1.29, 1.82) is 0 Å². The smallest absolute Gasteiger partial charge is 0.248 e. The normalized spacial score (nSPS) is 10.9. The van der Waals surface area contributed by atoms with Crippen molar-refractivity contribution in [3.05, 3.63) is 58.7 Å². The van der Waals surface area contributed by atoms with E-state index in [1.807, 2.05) is 12.1 Å². The highest BCUT2D eigenvalue weighted by molar-refractivity contribution is 5.63. The summed E-state index contributed by atoms with van der Waals surface area (Å²) in [6.07, 6.45) is 0. The van der Waals surface area contributed by atoms with Gasteiger partial charge in [-0.1, -0.05) is 35.4 Å². The third kappa shape index (κ3) is 2.59. The lowest BCUT2D eigenvalue weighted by molar-refractivity contribution is 0.583. The molecule has 3 heteroatoms. The van der Waals surface area contributed by atoms with E-state index in [9.17, 15) is 0 Å². The molecular formula is C18H18N2O. The number of aryl methyl sites for hydroxylation is 4. The molecule has 0 spiro atoms. The first kappa shape index (κ1) is 13.6. The van der Waals surface area contributed by atoms with E-state index >= 15 is 0 Å². The SMILES string of the molecule is Cc1ccc(-c2nnc(-c3ccc(C)cc3C)o2)c(C)c1. The second-order valence-electron chi connectivity index (χ2n) is 5.55. The van der Waals surface area contributed by atoms with E-state index in [1.54, 1.807) is 0 Å². The molecule has 0 saturated heterocycles. The minimum Gasteiger partial charge on any atom is -0.416 e. The van der Waals surface area contributed by atoms with Crippen molar-refractivity contribution < 1.29 is 4.42 Å². The summed E-state index contributed by atoms with van der Waals surface area (Å²) in [7, 11) is 0. The van der Waals surface area contributed by atoms with Crippen LogP contribution in [-0.2, 0) is 0 Å². The Morgan fingerprint density at radius 1 is 0.667 bits per heavy atom. The molecule has 0 amide bonds. The van der Waals surface area contributed by atoms with Gasteiger partial charge >= 0.3 is 0 Å². The molecule has 1 heterocycles. The fraction of sp³-hybridized carbons (Fsp3) is 0.222. The molecule has 0 saturated carbocycles. The van der Waals surface area contributed by atoms with Gasteiger partial charge in [0.1, 0.15) is 0 Å². The molecule has 0 fully saturated rings. The van der Waals surface area contributed by atoms with Crippen molar-refractivity contribution in [2.45, 2.75) is 27.7 Å². The Balaban J connectivity index is 2.03. The van der Waals surface area contributed by atoms with Gasteiger partial charge in [0.05, 0.1) is 0 Å². The summed E-state index contributed by atoms with van der Waals surface area (Å²) in [5.74, 6) is 1.14. The van der Waals surface area contributed by atoms with Crippen LogP contribution in [0.25, 0.3) is 22.9 Å². The van der Waals surface area contributed by atoms with Gasteiger partial charge in [-0.05, 0) is 51.0 Å². The van der Waals surface area contributed by atoms with Crippen molar-refractivity contribution >= 4 is 0 Å². The van der Waals surface area contributed by atoms with Crippen LogP contribution < -0.4 is 0 Å². The molecule has 0 aliphatic heterocycles. The number of benzene rings is 2. The summed E-state index contributed by atoms with van der Waals surface area (Å²) in [5.41, 5.74) is 6.72. The molecule has 3 rings (SSSR count). The lowest BCUT2D eigenvalue weighted by Crippen LogP contribution is -1.84. The zero-order chi connectivity index (χ0) is 15.0. The maximum Gasteiger partial charge on any atom is 0.248 e. The van der Waals surface area contributed by atoms with Gasteiger partial charge in [-0.3, -0.25) is 0 Å². The summed E-state index contributed by atoms with van der Waals surface area (Å²) in [5, 5.41) is 8.40. The van der Waals surface area contributed by atoms with Crippen molar-refractivity contribution in [2.24, 2.45) is 0 Å². The number of hydrogen-bond acceptors (Lipinski definition) is 3. The van der Waals surface area contributed by atoms with E-state index in [-0.39, 0.29) is 0 Å². The molecule has 3 aromatic rings. The largest absolute Gasteiger partial charge is 0.416 e. The number of rotatable bonds is 2. The minimum absolute atomic E-state index is 0.572. The van der Waals surface area contributed by atoms with Gasteiger partial charge in [-0.15, -0.1) is 10.2 Å². The summed E-state index contributed by atoms with van der Waals surface area (Å²) in [6, 6.07) is 12.4. The van der Waals surface area contributed by atoms with Crippen LogP contribution >= 0.6 is 0 Å². The molecule has 21 heavy (non-hydrogen) atoms. The quantitative estimate of drug-likeness (QED) is 0.685. The van der Waals surface area contributed by atoms with E-state index in [4.69, 9.17) is 4.42 Å². The first-order valence-electron chi connectivity index (χ1n) is 7.03. The second-order valence-corrected chi connectivity index (χ2v) is 5.55. The van der Waals surface area contributed by atoms with Gasteiger partial charge in [0, 0.05) is 11.1 Å². The van der Waals surface area contributed by atoms with Crippen LogP contribution in [0.5, 0.6) is 0 Å². The van der Waals surface area contributed by atoms with E-state index in [0.29, 0.717) is 11.8 Å². The zero-order valence-electron chi connectivity index (χ0n) is 12.8.